The van der Waals surface area contributed by atoms with E-state index in [1.807, 2.05) is 6.07 Å². The Morgan fingerprint density at radius 3 is 2.80 bits per heavy atom. The van der Waals surface area contributed by atoms with Crippen LogP contribution in [0.4, 0.5) is 4.79 Å². The Morgan fingerprint density at radius 2 is 2.20 bits per heavy atom. The molecule has 3 amide bonds. The van der Waals surface area contributed by atoms with Crippen molar-refractivity contribution in [2.45, 2.75) is 12.5 Å². The summed E-state index contributed by atoms with van der Waals surface area (Å²) >= 11 is 1.03. The molecule has 0 aliphatic carbocycles. The zero-order chi connectivity index (χ0) is 14.1. The Kier molecular flexibility index (Phi) is 3.43. The highest BCUT2D eigenvalue weighted by Crippen LogP contribution is 2.26. The lowest BCUT2D eigenvalue weighted by Crippen LogP contribution is -2.62. The maximum atomic E-state index is 12.0. The molecule has 2 aliphatic heterocycles. The molecule has 104 valence electrons. The summed E-state index contributed by atoms with van der Waals surface area (Å²) in [7, 11) is 0. The normalized spacial score (nSPS) is 19.4. The quantitative estimate of drug-likeness (QED) is 0.812. The molecule has 7 heteroatoms. The van der Waals surface area contributed by atoms with E-state index < -0.39 is 0 Å². The fraction of sp³-hybridized carbons (Fsp3) is 0.385. The third kappa shape index (κ3) is 2.40. The lowest BCUT2D eigenvalue weighted by molar-refractivity contribution is -0.141. The summed E-state index contributed by atoms with van der Waals surface area (Å²) in [5, 5.41) is -0.195. The fourth-order valence-electron chi connectivity index (χ4n) is 2.33. The van der Waals surface area contributed by atoms with E-state index in [9.17, 15) is 14.4 Å². The van der Waals surface area contributed by atoms with Gasteiger partial charge in [-0.3, -0.25) is 24.3 Å². The summed E-state index contributed by atoms with van der Waals surface area (Å²) in [5.74, 6) is 0.0734. The van der Waals surface area contributed by atoms with Crippen molar-refractivity contribution in [3.8, 4) is 0 Å². The zero-order valence-electron chi connectivity index (χ0n) is 10.7. The molecule has 1 aromatic rings. The van der Waals surface area contributed by atoms with Crippen molar-refractivity contribution in [2.24, 2.45) is 0 Å². The second-order valence-corrected chi connectivity index (χ2v) is 5.74. The summed E-state index contributed by atoms with van der Waals surface area (Å²) in [5.41, 5.74) is 0.866. The number of likely N-dealkylation sites (tertiary alicyclic amines) is 1. The molecule has 6 nitrogen and oxygen atoms in total. The molecular weight excluding hydrogens is 278 g/mol. The molecule has 3 rings (SSSR count). The number of imide groups is 1. The van der Waals surface area contributed by atoms with Gasteiger partial charge in [-0.2, -0.15) is 0 Å². The van der Waals surface area contributed by atoms with Gasteiger partial charge < -0.3 is 4.90 Å². The number of carbonyl (C=O) groups is 3. The number of nitrogens with zero attached hydrogens (tertiary/aromatic N) is 3. The van der Waals surface area contributed by atoms with E-state index in [-0.39, 0.29) is 28.8 Å². The van der Waals surface area contributed by atoms with E-state index in [1.54, 1.807) is 23.4 Å². The van der Waals surface area contributed by atoms with E-state index in [0.717, 1.165) is 17.3 Å². The molecule has 0 unspecified atom stereocenters. The van der Waals surface area contributed by atoms with Crippen LogP contribution in [0.1, 0.15) is 5.56 Å². The molecule has 3 heterocycles. The molecule has 1 aromatic heterocycles. The average Bonchev–Trinajstić information content (AvgIpc) is 2.70. The number of carbonyl (C=O) groups excluding carboxylic acids is 3. The van der Waals surface area contributed by atoms with Gasteiger partial charge in [-0.15, -0.1) is 0 Å². The molecule has 0 spiro atoms. The van der Waals surface area contributed by atoms with E-state index in [4.69, 9.17) is 0 Å². The van der Waals surface area contributed by atoms with Crippen LogP contribution < -0.4 is 0 Å². The monoisotopic (exact) mass is 291 g/mol. The Labute approximate surface area is 120 Å². The first-order valence-corrected chi connectivity index (χ1v) is 7.29. The molecule has 0 atom stereocenters. The van der Waals surface area contributed by atoms with Crippen molar-refractivity contribution in [3.63, 3.8) is 0 Å². The average molecular weight is 291 g/mol. The number of aromatic nitrogens is 1. The maximum Gasteiger partial charge on any atom is 0.289 e. The second kappa shape index (κ2) is 5.24. The highest BCUT2D eigenvalue weighted by molar-refractivity contribution is 8.14. The summed E-state index contributed by atoms with van der Waals surface area (Å²) in [4.78, 5) is 42.1. The summed E-state index contributed by atoms with van der Waals surface area (Å²) in [6, 6.07) is 3.50. The third-order valence-corrected chi connectivity index (χ3v) is 4.28. The van der Waals surface area contributed by atoms with Crippen molar-refractivity contribution in [1.82, 2.24) is 14.8 Å². The first-order valence-electron chi connectivity index (χ1n) is 6.30. The van der Waals surface area contributed by atoms with Gasteiger partial charge >= 0.3 is 0 Å². The molecule has 0 saturated carbocycles. The minimum atomic E-state index is -0.195. The van der Waals surface area contributed by atoms with Crippen LogP contribution in [0, 0.1) is 0 Å². The van der Waals surface area contributed by atoms with Crippen LogP contribution in [0.2, 0.25) is 0 Å². The molecule has 20 heavy (non-hydrogen) atoms. The topological polar surface area (TPSA) is 70.6 Å². The Hall–Kier alpha value is -1.89. The molecule has 2 aliphatic rings. The van der Waals surface area contributed by atoms with Crippen LogP contribution in [0.3, 0.4) is 0 Å². The van der Waals surface area contributed by atoms with Gasteiger partial charge in [0.1, 0.15) is 0 Å². The van der Waals surface area contributed by atoms with Gasteiger partial charge in [-0.05, 0) is 11.6 Å². The highest BCUT2D eigenvalue weighted by atomic mass is 32.2. The molecular formula is C13H13N3O3S. The molecule has 2 fully saturated rings. The number of thioether (sulfide) groups is 1. The van der Waals surface area contributed by atoms with Crippen LogP contribution in [-0.4, -0.2) is 56.7 Å². The zero-order valence-corrected chi connectivity index (χ0v) is 11.5. The van der Waals surface area contributed by atoms with Crippen molar-refractivity contribution >= 4 is 28.8 Å². The third-order valence-electron chi connectivity index (χ3n) is 3.44. The largest absolute Gasteiger partial charge is 0.338 e. The van der Waals surface area contributed by atoms with Gasteiger partial charge in [0.25, 0.3) is 5.24 Å². The van der Waals surface area contributed by atoms with Gasteiger partial charge in [-0.1, -0.05) is 17.8 Å². The maximum absolute atomic E-state index is 12.0. The van der Waals surface area contributed by atoms with Crippen LogP contribution in [-0.2, 0) is 16.0 Å². The van der Waals surface area contributed by atoms with Crippen molar-refractivity contribution in [3.05, 3.63) is 30.1 Å². The van der Waals surface area contributed by atoms with Crippen molar-refractivity contribution in [2.75, 3.05) is 18.8 Å². The SMILES string of the molecule is O=C(Cc1cccnc1)N1CC(N2C(=O)CSC2=O)C1. The molecule has 0 radical (unpaired) electrons. The number of amides is 3. The first-order chi connectivity index (χ1) is 9.65. The molecule has 2 saturated heterocycles. The van der Waals surface area contributed by atoms with Crippen LogP contribution in [0.15, 0.2) is 24.5 Å². The van der Waals surface area contributed by atoms with Crippen molar-refractivity contribution < 1.29 is 14.4 Å². The minimum Gasteiger partial charge on any atom is -0.338 e. The Balaban J connectivity index is 1.54. The van der Waals surface area contributed by atoms with Gasteiger partial charge in [0.05, 0.1) is 18.2 Å². The number of hydrogen-bond donors (Lipinski definition) is 0. The van der Waals surface area contributed by atoms with Crippen LogP contribution in [0.5, 0.6) is 0 Å². The molecule has 0 aromatic carbocycles. The lowest BCUT2D eigenvalue weighted by atomic mass is 10.1. The summed E-state index contributed by atoms with van der Waals surface area (Å²) in [6.07, 6.45) is 3.63. The number of pyridine rings is 1. The molecule has 0 bridgehead atoms. The highest BCUT2D eigenvalue weighted by Gasteiger charge is 2.43. The lowest BCUT2D eigenvalue weighted by Gasteiger charge is -2.42. The standard InChI is InChI=1S/C13H13N3O3S/c17-11(4-9-2-1-3-14-5-9)15-6-10(7-15)16-12(18)8-20-13(16)19/h1-3,5,10H,4,6-8H2. The van der Waals surface area contributed by atoms with Gasteiger partial charge in [0.2, 0.25) is 11.8 Å². The summed E-state index contributed by atoms with van der Waals surface area (Å²) in [6.45, 7) is 0.883. The number of hydrogen-bond acceptors (Lipinski definition) is 5. The van der Waals surface area contributed by atoms with E-state index in [0.29, 0.717) is 19.5 Å². The Bertz CT molecular complexity index is 541. The van der Waals surface area contributed by atoms with E-state index in [1.165, 1.54) is 4.90 Å². The fourth-order valence-corrected chi connectivity index (χ4v) is 3.10. The van der Waals surface area contributed by atoms with Gasteiger partial charge in [-0.25, -0.2) is 0 Å². The predicted octanol–water partition coefficient (Wildman–Crippen LogP) is 0.530. The van der Waals surface area contributed by atoms with E-state index >= 15 is 0 Å². The van der Waals surface area contributed by atoms with E-state index in [2.05, 4.69) is 4.98 Å². The van der Waals surface area contributed by atoms with Crippen molar-refractivity contribution in [1.29, 1.82) is 0 Å². The van der Waals surface area contributed by atoms with Crippen LogP contribution in [0.25, 0.3) is 0 Å². The molecule has 0 N–H and O–H groups in total. The second-order valence-electron chi connectivity index (χ2n) is 4.81. The predicted molar refractivity (Wildman–Crippen MR) is 73.0 cm³/mol. The van der Waals surface area contributed by atoms with Crippen LogP contribution >= 0.6 is 11.8 Å². The summed E-state index contributed by atoms with van der Waals surface area (Å²) < 4.78 is 0. The van der Waals surface area contributed by atoms with Gasteiger partial charge in [0.15, 0.2) is 0 Å². The smallest absolute Gasteiger partial charge is 0.289 e. The minimum absolute atomic E-state index is 0.000924. The Morgan fingerprint density at radius 1 is 1.40 bits per heavy atom. The number of rotatable bonds is 3. The first kappa shape index (κ1) is 13.1. The van der Waals surface area contributed by atoms with Gasteiger partial charge in [0, 0.05) is 25.5 Å².